The summed E-state index contributed by atoms with van der Waals surface area (Å²) in [5.74, 6) is -2.10. The van der Waals surface area contributed by atoms with Crippen molar-refractivity contribution >= 4 is 11.6 Å². The lowest BCUT2D eigenvalue weighted by Gasteiger charge is -2.19. The SMILES string of the molecule is Cn1cc([C@H]2CNC[C@@H]2C(=O)Nc2ccc(F)cc2OCC(F)(F)F)cn1. The number of aryl methyl sites for hydroxylation is 1. The molecule has 1 fully saturated rings. The Labute approximate surface area is 152 Å². The molecular formula is C17H18F4N4O2. The first-order chi connectivity index (χ1) is 12.7. The second kappa shape index (κ2) is 7.55. The summed E-state index contributed by atoms with van der Waals surface area (Å²) in [5.41, 5.74) is 0.873. The fraction of sp³-hybridized carbons (Fsp3) is 0.412. The summed E-state index contributed by atoms with van der Waals surface area (Å²) in [5, 5.41) is 9.78. The second-order valence-corrected chi connectivity index (χ2v) is 6.35. The molecule has 2 atom stereocenters. The third kappa shape index (κ3) is 4.76. The monoisotopic (exact) mass is 386 g/mol. The number of rotatable bonds is 5. The van der Waals surface area contributed by atoms with E-state index in [-0.39, 0.29) is 17.4 Å². The number of halogens is 4. The van der Waals surface area contributed by atoms with Crippen LogP contribution in [0.1, 0.15) is 11.5 Å². The Morgan fingerprint density at radius 1 is 1.41 bits per heavy atom. The maximum absolute atomic E-state index is 13.4. The van der Waals surface area contributed by atoms with Crippen LogP contribution in [0.2, 0.25) is 0 Å². The van der Waals surface area contributed by atoms with Crippen molar-refractivity contribution in [2.75, 3.05) is 25.0 Å². The standard InChI is InChI=1S/C17H18F4N4O2/c1-25-8-10(5-23-25)12-6-22-7-13(12)16(26)24-14-3-2-11(18)4-15(14)27-9-17(19,20)21/h2-5,8,12-13,22H,6-7,9H2,1H3,(H,24,26)/t12-,13+/m1/s1. The Bertz CT molecular complexity index is 822. The molecule has 1 amide bonds. The minimum Gasteiger partial charge on any atom is -0.482 e. The van der Waals surface area contributed by atoms with Gasteiger partial charge in [-0.3, -0.25) is 9.48 Å². The van der Waals surface area contributed by atoms with Gasteiger partial charge in [-0.15, -0.1) is 0 Å². The van der Waals surface area contributed by atoms with Crippen LogP contribution in [0.3, 0.4) is 0 Å². The maximum Gasteiger partial charge on any atom is 0.422 e. The highest BCUT2D eigenvalue weighted by molar-refractivity contribution is 5.95. The Hall–Kier alpha value is -2.62. The van der Waals surface area contributed by atoms with E-state index in [9.17, 15) is 22.4 Å². The van der Waals surface area contributed by atoms with E-state index in [1.807, 2.05) is 6.20 Å². The zero-order chi connectivity index (χ0) is 19.6. The van der Waals surface area contributed by atoms with Crippen molar-refractivity contribution in [2.24, 2.45) is 13.0 Å². The molecule has 1 aromatic heterocycles. The zero-order valence-corrected chi connectivity index (χ0v) is 14.4. The third-order valence-electron chi connectivity index (χ3n) is 4.30. The van der Waals surface area contributed by atoms with Gasteiger partial charge in [0.25, 0.3) is 0 Å². The van der Waals surface area contributed by atoms with Gasteiger partial charge in [0.2, 0.25) is 5.91 Å². The fourth-order valence-corrected chi connectivity index (χ4v) is 3.04. The number of hydrogen-bond acceptors (Lipinski definition) is 4. The average Bonchev–Trinajstić information content (AvgIpc) is 3.22. The number of carbonyl (C=O) groups excluding carboxylic acids is 1. The summed E-state index contributed by atoms with van der Waals surface area (Å²) in [7, 11) is 1.77. The van der Waals surface area contributed by atoms with Gasteiger partial charge in [-0.05, 0) is 17.7 Å². The van der Waals surface area contributed by atoms with Gasteiger partial charge in [0, 0.05) is 38.3 Å². The topological polar surface area (TPSA) is 68.2 Å². The zero-order valence-electron chi connectivity index (χ0n) is 14.4. The van der Waals surface area contributed by atoms with Crippen molar-refractivity contribution in [3.8, 4) is 5.75 Å². The summed E-state index contributed by atoms with van der Waals surface area (Å²) < 4.78 is 56.9. The molecule has 0 bridgehead atoms. The molecule has 146 valence electrons. The number of anilines is 1. The van der Waals surface area contributed by atoms with Crippen LogP contribution < -0.4 is 15.4 Å². The summed E-state index contributed by atoms with van der Waals surface area (Å²) in [4.78, 5) is 12.7. The van der Waals surface area contributed by atoms with Crippen LogP contribution in [0.4, 0.5) is 23.2 Å². The highest BCUT2D eigenvalue weighted by Gasteiger charge is 2.35. The molecule has 3 rings (SSSR count). The molecule has 2 heterocycles. The molecule has 1 aliphatic rings. The molecule has 1 aliphatic heterocycles. The molecule has 0 spiro atoms. The Morgan fingerprint density at radius 2 is 2.19 bits per heavy atom. The lowest BCUT2D eigenvalue weighted by atomic mass is 9.90. The molecule has 0 unspecified atom stereocenters. The predicted molar refractivity (Wildman–Crippen MR) is 88.9 cm³/mol. The number of hydrogen-bond donors (Lipinski definition) is 2. The van der Waals surface area contributed by atoms with E-state index in [2.05, 4.69) is 20.5 Å². The van der Waals surface area contributed by atoms with Crippen LogP contribution in [-0.4, -0.2) is 41.6 Å². The van der Waals surface area contributed by atoms with Crippen LogP contribution >= 0.6 is 0 Å². The van der Waals surface area contributed by atoms with Crippen molar-refractivity contribution in [1.29, 1.82) is 0 Å². The first kappa shape index (κ1) is 19.2. The molecule has 0 radical (unpaired) electrons. The Kier molecular flexibility index (Phi) is 5.36. The smallest absolute Gasteiger partial charge is 0.422 e. The van der Waals surface area contributed by atoms with Crippen LogP contribution in [0.5, 0.6) is 5.75 Å². The fourth-order valence-electron chi connectivity index (χ4n) is 3.04. The van der Waals surface area contributed by atoms with Crippen molar-refractivity contribution in [3.63, 3.8) is 0 Å². The van der Waals surface area contributed by atoms with Gasteiger partial charge in [0.1, 0.15) is 11.6 Å². The van der Waals surface area contributed by atoms with Gasteiger partial charge in [-0.2, -0.15) is 18.3 Å². The van der Waals surface area contributed by atoms with E-state index >= 15 is 0 Å². The number of carbonyl (C=O) groups is 1. The number of nitrogens with one attached hydrogen (secondary N) is 2. The number of aromatic nitrogens is 2. The van der Waals surface area contributed by atoms with Crippen molar-refractivity contribution < 1.29 is 27.1 Å². The summed E-state index contributed by atoms with van der Waals surface area (Å²) in [6.45, 7) is -0.599. The first-order valence-corrected chi connectivity index (χ1v) is 8.22. The number of nitrogens with zero attached hydrogens (tertiary/aromatic N) is 2. The third-order valence-corrected chi connectivity index (χ3v) is 4.30. The van der Waals surface area contributed by atoms with E-state index < -0.39 is 30.4 Å². The molecular weight excluding hydrogens is 368 g/mol. The van der Waals surface area contributed by atoms with Crippen LogP contribution in [0.25, 0.3) is 0 Å². The van der Waals surface area contributed by atoms with Crippen molar-refractivity contribution in [2.45, 2.75) is 12.1 Å². The largest absolute Gasteiger partial charge is 0.482 e. The maximum atomic E-state index is 13.4. The highest BCUT2D eigenvalue weighted by atomic mass is 19.4. The molecule has 1 saturated heterocycles. The van der Waals surface area contributed by atoms with E-state index in [1.165, 1.54) is 6.07 Å². The van der Waals surface area contributed by atoms with Crippen LogP contribution in [-0.2, 0) is 11.8 Å². The summed E-state index contributed by atoms with van der Waals surface area (Å²) in [6, 6.07) is 3.04. The van der Waals surface area contributed by atoms with Crippen LogP contribution in [0, 0.1) is 11.7 Å². The highest BCUT2D eigenvalue weighted by Crippen LogP contribution is 2.32. The number of ether oxygens (including phenoxy) is 1. The first-order valence-electron chi connectivity index (χ1n) is 8.22. The van der Waals surface area contributed by atoms with Crippen molar-refractivity contribution in [3.05, 3.63) is 42.0 Å². The molecule has 1 aromatic carbocycles. The molecule has 27 heavy (non-hydrogen) atoms. The minimum atomic E-state index is -4.58. The quantitative estimate of drug-likeness (QED) is 0.775. The molecule has 10 heteroatoms. The van der Waals surface area contributed by atoms with E-state index in [0.29, 0.717) is 13.1 Å². The Balaban J connectivity index is 1.75. The lowest BCUT2D eigenvalue weighted by molar-refractivity contribution is -0.153. The lowest BCUT2D eigenvalue weighted by Crippen LogP contribution is -2.28. The molecule has 0 aliphatic carbocycles. The van der Waals surface area contributed by atoms with Gasteiger partial charge < -0.3 is 15.4 Å². The predicted octanol–water partition coefficient (Wildman–Crippen LogP) is 2.44. The number of benzene rings is 1. The Morgan fingerprint density at radius 3 is 2.85 bits per heavy atom. The molecule has 2 aromatic rings. The number of alkyl halides is 3. The molecule has 0 saturated carbocycles. The molecule has 6 nitrogen and oxygen atoms in total. The summed E-state index contributed by atoms with van der Waals surface area (Å²) in [6.07, 6.45) is -1.09. The summed E-state index contributed by atoms with van der Waals surface area (Å²) >= 11 is 0. The van der Waals surface area contributed by atoms with Gasteiger partial charge in [0.15, 0.2) is 6.61 Å². The van der Waals surface area contributed by atoms with E-state index in [1.54, 1.807) is 17.9 Å². The van der Waals surface area contributed by atoms with Crippen LogP contribution in [0.15, 0.2) is 30.6 Å². The average molecular weight is 386 g/mol. The molecule has 2 N–H and O–H groups in total. The van der Waals surface area contributed by atoms with Crippen molar-refractivity contribution in [1.82, 2.24) is 15.1 Å². The number of amides is 1. The van der Waals surface area contributed by atoms with E-state index in [0.717, 1.165) is 17.7 Å². The van der Waals surface area contributed by atoms with Gasteiger partial charge >= 0.3 is 6.18 Å². The second-order valence-electron chi connectivity index (χ2n) is 6.35. The van der Waals surface area contributed by atoms with Gasteiger partial charge in [0.05, 0.1) is 17.8 Å². The normalized spacial score (nSPS) is 19.9. The van der Waals surface area contributed by atoms with Gasteiger partial charge in [-0.1, -0.05) is 0 Å². The van der Waals surface area contributed by atoms with E-state index in [4.69, 9.17) is 0 Å². The van der Waals surface area contributed by atoms with Gasteiger partial charge in [-0.25, -0.2) is 4.39 Å². The minimum absolute atomic E-state index is 0.0116.